The van der Waals surface area contributed by atoms with Crippen molar-refractivity contribution in [2.24, 2.45) is 0 Å². The van der Waals surface area contributed by atoms with Crippen LogP contribution in [0.15, 0.2) is 46.9 Å². The van der Waals surface area contributed by atoms with Crippen LogP contribution in [0.5, 0.6) is 11.5 Å². The summed E-state index contributed by atoms with van der Waals surface area (Å²) in [5, 5.41) is 2.86. The Bertz CT molecular complexity index is 716. The predicted octanol–water partition coefficient (Wildman–Crippen LogP) is 4.49. The van der Waals surface area contributed by atoms with Gasteiger partial charge in [-0.05, 0) is 71.6 Å². The van der Waals surface area contributed by atoms with E-state index in [2.05, 4.69) is 28.2 Å². The van der Waals surface area contributed by atoms with Crippen LogP contribution >= 0.6 is 15.9 Å². The summed E-state index contributed by atoms with van der Waals surface area (Å²) in [4.78, 5) is 12.0. The van der Waals surface area contributed by atoms with Crippen molar-refractivity contribution in [1.82, 2.24) is 5.32 Å². The monoisotopic (exact) mass is 405 g/mol. The first kappa shape index (κ1) is 19.3. The summed E-state index contributed by atoms with van der Waals surface area (Å²) in [6, 6.07) is 13.6. The zero-order chi connectivity index (χ0) is 18.2. The predicted molar refractivity (Wildman–Crippen MR) is 103 cm³/mol. The summed E-state index contributed by atoms with van der Waals surface area (Å²) in [5.74, 6) is 1.30. The van der Waals surface area contributed by atoms with Crippen molar-refractivity contribution in [2.75, 3.05) is 6.61 Å². The maximum atomic E-state index is 12.0. The minimum Gasteiger partial charge on any atom is -0.491 e. The molecule has 0 fully saturated rings. The van der Waals surface area contributed by atoms with E-state index in [0.29, 0.717) is 12.3 Å². The third-order valence-corrected chi connectivity index (χ3v) is 4.14. The van der Waals surface area contributed by atoms with Crippen molar-refractivity contribution in [3.05, 3.63) is 58.1 Å². The van der Waals surface area contributed by atoms with Crippen molar-refractivity contribution >= 4 is 21.8 Å². The largest absolute Gasteiger partial charge is 0.491 e. The van der Waals surface area contributed by atoms with Gasteiger partial charge in [-0.25, -0.2) is 0 Å². The molecule has 0 spiro atoms. The van der Waals surface area contributed by atoms with Gasteiger partial charge in [0.1, 0.15) is 11.5 Å². The lowest BCUT2D eigenvalue weighted by Crippen LogP contribution is -2.28. The molecule has 0 radical (unpaired) electrons. The van der Waals surface area contributed by atoms with E-state index >= 15 is 0 Å². The van der Waals surface area contributed by atoms with Gasteiger partial charge < -0.3 is 14.8 Å². The maximum absolute atomic E-state index is 12.0. The average molecular weight is 406 g/mol. The molecule has 0 aliphatic rings. The molecule has 4 nitrogen and oxygen atoms in total. The Kier molecular flexibility index (Phi) is 7.31. The van der Waals surface area contributed by atoms with E-state index in [1.807, 2.05) is 56.3 Å². The fourth-order valence-corrected chi connectivity index (χ4v) is 2.82. The van der Waals surface area contributed by atoms with Gasteiger partial charge in [0.15, 0.2) is 6.61 Å². The second-order valence-electron chi connectivity index (χ2n) is 6.00. The Morgan fingerprint density at radius 3 is 2.64 bits per heavy atom. The Morgan fingerprint density at radius 1 is 1.16 bits per heavy atom. The van der Waals surface area contributed by atoms with Gasteiger partial charge in [0.05, 0.1) is 10.6 Å². The molecule has 0 saturated heterocycles. The standard InChI is InChI=1S/C20H24BrNO3/c1-4-15-8-9-19(18(21)11-15)24-13-20(23)22-12-16-6-5-7-17(10-16)25-14(2)3/h5-11,14H,4,12-13H2,1-3H3,(H,22,23). The first-order valence-corrected chi connectivity index (χ1v) is 9.20. The molecule has 2 aromatic carbocycles. The molecular formula is C20H24BrNO3. The molecular weight excluding hydrogens is 382 g/mol. The maximum Gasteiger partial charge on any atom is 0.258 e. The zero-order valence-corrected chi connectivity index (χ0v) is 16.4. The van der Waals surface area contributed by atoms with E-state index in [0.717, 1.165) is 22.2 Å². The van der Waals surface area contributed by atoms with Crippen LogP contribution in [0.4, 0.5) is 0 Å². The van der Waals surface area contributed by atoms with Gasteiger partial charge in [-0.15, -0.1) is 0 Å². The summed E-state index contributed by atoms with van der Waals surface area (Å²) < 4.78 is 12.1. The van der Waals surface area contributed by atoms with E-state index in [4.69, 9.17) is 9.47 Å². The second kappa shape index (κ2) is 9.47. The molecule has 0 unspecified atom stereocenters. The van der Waals surface area contributed by atoms with E-state index in [1.54, 1.807) is 0 Å². The number of carbonyl (C=O) groups is 1. The number of halogens is 1. The van der Waals surface area contributed by atoms with Crippen LogP contribution in [0.2, 0.25) is 0 Å². The Hall–Kier alpha value is -2.01. The van der Waals surface area contributed by atoms with Gasteiger partial charge in [0, 0.05) is 6.54 Å². The molecule has 0 atom stereocenters. The summed E-state index contributed by atoms with van der Waals surface area (Å²) in [7, 11) is 0. The Labute approximate surface area is 157 Å². The molecule has 1 N–H and O–H groups in total. The van der Waals surface area contributed by atoms with Crippen LogP contribution in [0.3, 0.4) is 0 Å². The molecule has 1 amide bonds. The van der Waals surface area contributed by atoms with Gasteiger partial charge in [-0.1, -0.05) is 25.1 Å². The fraction of sp³-hybridized carbons (Fsp3) is 0.350. The second-order valence-corrected chi connectivity index (χ2v) is 6.85. The van der Waals surface area contributed by atoms with Crippen LogP contribution in [0.1, 0.15) is 31.9 Å². The highest BCUT2D eigenvalue weighted by molar-refractivity contribution is 9.10. The topological polar surface area (TPSA) is 47.6 Å². The summed E-state index contributed by atoms with van der Waals surface area (Å²) >= 11 is 3.47. The normalized spacial score (nSPS) is 10.6. The SMILES string of the molecule is CCc1ccc(OCC(=O)NCc2cccc(OC(C)C)c2)c(Br)c1. The summed E-state index contributed by atoms with van der Waals surface area (Å²) in [6.45, 7) is 6.48. The van der Waals surface area contributed by atoms with Crippen LogP contribution in [0.25, 0.3) is 0 Å². The van der Waals surface area contributed by atoms with Crippen molar-refractivity contribution < 1.29 is 14.3 Å². The number of aryl methyl sites for hydroxylation is 1. The highest BCUT2D eigenvalue weighted by Crippen LogP contribution is 2.26. The van der Waals surface area contributed by atoms with Gasteiger partial charge in [0.25, 0.3) is 5.91 Å². The zero-order valence-electron chi connectivity index (χ0n) is 14.8. The van der Waals surface area contributed by atoms with Crippen molar-refractivity contribution in [1.29, 1.82) is 0 Å². The summed E-state index contributed by atoms with van der Waals surface area (Å²) in [5.41, 5.74) is 2.20. The van der Waals surface area contributed by atoms with E-state index in [9.17, 15) is 4.79 Å². The molecule has 2 rings (SSSR count). The number of benzene rings is 2. The number of ether oxygens (including phenoxy) is 2. The molecule has 0 bridgehead atoms. The van der Waals surface area contributed by atoms with Gasteiger partial charge in [-0.3, -0.25) is 4.79 Å². The first-order valence-electron chi connectivity index (χ1n) is 8.41. The lowest BCUT2D eigenvalue weighted by atomic mass is 10.2. The number of amides is 1. The fourth-order valence-electron chi connectivity index (χ4n) is 2.28. The number of carbonyl (C=O) groups excluding carboxylic acids is 1. The molecule has 0 aliphatic heterocycles. The Morgan fingerprint density at radius 2 is 1.96 bits per heavy atom. The smallest absolute Gasteiger partial charge is 0.258 e. The number of hydrogen-bond donors (Lipinski definition) is 1. The summed E-state index contributed by atoms with van der Waals surface area (Å²) in [6.07, 6.45) is 1.08. The first-order chi connectivity index (χ1) is 12.0. The minimum absolute atomic E-state index is 0.0216. The van der Waals surface area contributed by atoms with Crippen molar-refractivity contribution in [2.45, 2.75) is 39.8 Å². The van der Waals surface area contributed by atoms with Crippen LogP contribution in [0, 0.1) is 0 Å². The van der Waals surface area contributed by atoms with Crippen LogP contribution in [-0.4, -0.2) is 18.6 Å². The van der Waals surface area contributed by atoms with Gasteiger partial charge in [0.2, 0.25) is 0 Å². The van der Waals surface area contributed by atoms with Gasteiger partial charge in [-0.2, -0.15) is 0 Å². The van der Waals surface area contributed by atoms with Crippen molar-refractivity contribution in [3.63, 3.8) is 0 Å². The molecule has 0 saturated carbocycles. The lowest BCUT2D eigenvalue weighted by molar-refractivity contribution is -0.123. The third kappa shape index (κ3) is 6.42. The van der Waals surface area contributed by atoms with Gasteiger partial charge >= 0.3 is 0 Å². The third-order valence-electron chi connectivity index (χ3n) is 3.52. The minimum atomic E-state index is -0.165. The average Bonchev–Trinajstić information content (AvgIpc) is 2.58. The molecule has 2 aromatic rings. The van der Waals surface area contributed by atoms with Crippen molar-refractivity contribution in [3.8, 4) is 11.5 Å². The highest BCUT2D eigenvalue weighted by Gasteiger charge is 2.07. The number of hydrogen-bond acceptors (Lipinski definition) is 3. The van der Waals surface area contributed by atoms with E-state index < -0.39 is 0 Å². The molecule has 0 aliphatic carbocycles. The highest BCUT2D eigenvalue weighted by atomic mass is 79.9. The molecule has 0 aromatic heterocycles. The molecule has 134 valence electrons. The molecule has 5 heteroatoms. The Balaban J connectivity index is 1.83. The number of nitrogens with one attached hydrogen (secondary N) is 1. The van der Waals surface area contributed by atoms with Crippen LogP contribution in [-0.2, 0) is 17.8 Å². The molecule has 25 heavy (non-hydrogen) atoms. The van der Waals surface area contributed by atoms with E-state index in [-0.39, 0.29) is 18.6 Å². The quantitative estimate of drug-likeness (QED) is 0.703. The molecule has 0 heterocycles. The lowest BCUT2D eigenvalue weighted by Gasteiger charge is -2.12. The van der Waals surface area contributed by atoms with E-state index in [1.165, 1.54) is 5.56 Å². The van der Waals surface area contributed by atoms with Crippen LogP contribution < -0.4 is 14.8 Å². The number of rotatable bonds is 8.